The standard InChI is InChI=1S/C48H32N4/c1-4-12-33(13-5-1)34-20-22-35(23-21-34)41-30-42(36-24-26-38(27-25-36)45-44-19-11-10-14-37(44)28-29-49-45)32-43(31-41)48-51-46(39-15-6-2-7-16-39)50-47(52-48)40-17-8-3-9-18-40/h1-32H. The van der Waals surface area contributed by atoms with Gasteiger partial charge in [0.25, 0.3) is 0 Å². The molecule has 0 aliphatic heterocycles. The highest BCUT2D eigenvalue weighted by molar-refractivity contribution is 5.94. The van der Waals surface area contributed by atoms with Crippen LogP contribution in [-0.4, -0.2) is 19.9 Å². The van der Waals surface area contributed by atoms with E-state index in [0.717, 1.165) is 55.6 Å². The van der Waals surface area contributed by atoms with Gasteiger partial charge in [0.05, 0.1) is 5.69 Å². The Balaban J connectivity index is 1.19. The summed E-state index contributed by atoms with van der Waals surface area (Å²) >= 11 is 0. The Morgan fingerprint density at radius 2 is 0.654 bits per heavy atom. The van der Waals surface area contributed by atoms with Gasteiger partial charge in [0, 0.05) is 33.8 Å². The topological polar surface area (TPSA) is 51.6 Å². The van der Waals surface area contributed by atoms with E-state index in [9.17, 15) is 0 Å². The van der Waals surface area contributed by atoms with Crippen LogP contribution in [0.1, 0.15) is 0 Å². The van der Waals surface area contributed by atoms with Crippen LogP contribution in [0.25, 0.3) is 89.6 Å². The van der Waals surface area contributed by atoms with Gasteiger partial charge in [-0.1, -0.05) is 164 Å². The molecule has 9 aromatic rings. The summed E-state index contributed by atoms with van der Waals surface area (Å²) in [5, 5.41) is 2.31. The van der Waals surface area contributed by atoms with E-state index in [1.807, 2.05) is 72.9 Å². The van der Waals surface area contributed by atoms with Crippen molar-refractivity contribution in [2.75, 3.05) is 0 Å². The Hall–Kier alpha value is -7.04. The minimum absolute atomic E-state index is 0.619. The van der Waals surface area contributed by atoms with Crippen molar-refractivity contribution in [2.45, 2.75) is 0 Å². The fourth-order valence-electron chi connectivity index (χ4n) is 6.68. The number of aromatic nitrogens is 4. The molecule has 7 aromatic carbocycles. The third-order valence-electron chi connectivity index (χ3n) is 9.38. The van der Waals surface area contributed by atoms with Gasteiger partial charge in [-0.05, 0) is 63.0 Å². The largest absolute Gasteiger partial charge is 0.256 e. The molecule has 0 atom stereocenters. The molecule has 2 heterocycles. The Bertz CT molecular complexity index is 2570. The predicted octanol–water partition coefficient (Wildman–Crippen LogP) is 12.1. The first-order valence-electron chi connectivity index (χ1n) is 17.4. The molecule has 244 valence electrons. The van der Waals surface area contributed by atoms with Crippen LogP contribution in [0.2, 0.25) is 0 Å². The molecule has 4 heteroatoms. The van der Waals surface area contributed by atoms with Crippen molar-refractivity contribution in [3.05, 3.63) is 194 Å². The molecule has 4 nitrogen and oxygen atoms in total. The first-order chi connectivity index (χ1) is 25.7. The zero-order valence-corrected chi connectivity index (χ0v) is 28.3. The lowest BCUT2D eigenvalue weighted by Crippen LogP contribution is -2.00. The van der Waals surface area contributed by atoms with Crippen LogP contribution in [0.3, 0.4) is 0 Å². The molecule has 52 heavy (non-hydrogen) atoms. The Labute approximate surface area is 302 Å². The average molecular weight is 665 g/mol. The minimum Gasteiger partial charge on any atom is -0.256 e. The summed E-state index contributed by atoms with van der Waals surface area (Å²) in [5.41, 5.74) is 11.6. The fraction of sp³-hybridized carbons (Fsp3) is 0. The molecule has 0 bridgehead atoms. The van der Waals surface area contributed by atoms with E-state index in [4.69, 9.17) is 19.9 Å². The lowest BCUT2D eigenvalue weighted by Gasteiger charge is -2.13. The summed E-state index contributed by atoms with van der Waals surface area (Å²) in [4.78, 5) is 19.8. The van der Waals surface area contributed by atoms with Crippen molar-refractivity contribution in [3.8, 4) is 78.8 Å². The van der Waals surface area contributed by atoms with E-state index in [1.54, 1.807) is 0 Å². The van der Waals surface area contributed by atoms with Crippen LogP contribution in [0.4, 0.5) is 0 Å². The summed E-state index contributed by atoms with van der Waals surface area (Å²) in [6.45, 7) is 0. The van der Waals surface area contributed by atoms with Gasteiger partial charge in [0.15, 0.2) is 17.5 Å². The number of rotatable bonds is 7. The maximum Gasteiger partial charge on any atom is 0.164 e. The van der Waals surface area contributed by atoms with Gasteiger partial charge < -0.3 is 0 Å². The van der Waals surface area contributed by atoms with E-state index in [-0.39, 0.29) is 0 Å². The monoisotopic (exact) mass is 664 g/mol. The van der Waals surface area contributed by atoms with Gasteiger partial charge >= 0.3 is 0 Å². The first kappa shape index (κ1) is 31.0. The van der Waals surface area contributed by atoms with Crippen molar-refractivity contribution in [2.24, 2.45) is 0 Å². The van der Waals surface area contributed by atoms with Crippen molar-refractivity contribution < 1.29 is 0 Å². The average Bonchev–Trinajstić information content (AvgIpc) is 3.24. The summed E-state index contributed by atoms with van der Waals surface area (Å²) in [7, 11) is 0. The summed E-state index contributed by atoms with van der Waals surface area (Å²) in [6, 6.07) is 65.2. The second-order valence-corrected chi connectivity index (χ2v) is 12.7. The molecule has 0 aliphatic rings. The van der Waals surface area contributed by atoms with Gasteiger partial charge in [-0.3, -0.25) is 4.98 Å². The van der Waals surface area contributed by atoms with Gasteiger partial charge in [-0.15, -0.1) is 0 Å². The minimum atomic E-state index is 0.619. The lowest BCUT2D eigenvalue weighted by atomic mass is 9.93. The van der Waals surface area contributed by atoms with Gasteiger partial charge in [-0.2, -0.15) is 0 Å². The number of pyridine rings is 1. The zero-order chi connectivity index (χ0) is 34.7. The summed E-state index contributed by atoms with van der Waals surface area (Å²) < 4.78 is 0. The Kier molecular flexibility index (Phi) is 8.16. The molecular formula is C48H32N4. The van der Waals surface area contributed by atoms with E-state index < -0.39 is 0 Å². The Morgan fingerprint density at radius 3 is 1.19 bits per heavy atom. The molecule has 0 saturated carbocycles. The molecule has 9 rings (SSSR count). The van der Waals surface area contributed by atoms with Gasteiger partial charge in [-0.25, -0.2) is 15.0 Å². The number of benzene rings is 7. The number of fused-ring (bicyclic) bond motifs is 1. The van der Waals surface area contributed by atoms with Gasteiger partial charge in [0.1, 0.15) is 0 Å². The number of hydrogen-bond donors (Lipinski definition) is 0. The molecule has 0 saturated heterocycles. The molecular weight excluding hydrogens is 633 g/mol. The maximum atomic E-state index is 5.07. The van der Waals surface area contributed by atoms with Crippen molar-refractivity contribution in [1.29, 1.82) is 0 Å². The van der Waals surface area contributed by atoms with Crippen molar-refractivity contribution in [3.63, 3.8) is 0 Å². The van der Waals surface area contributed by atoms with Crippen LogP contribution < -0.4 is 0 Å². The summed E-state index contributed by atoms with van der Waals surface area (Å²) in [6.07, 6.45) is 1.88. The molecule has 2 aromatic heterocycles. The second kappa shape index (κ2) is 13.7. The van der Waals surface area contributed by atoms with Crippen LogP contribution >= 0.6 is 0 Å². The normalized spacial score (nSPS) is 11.1. The third-order valence-corrected chi connectivity index (χ3v) is 9.38. The fourth-order valence-corrected chi connectivity index (χ4v) is 6.68. The Morgan fingerprint density at radius 1 is 0.269 bits per heavy atom. The number of hydrogen-bond acceptors (Lipinski definition) is 4. The van der Waals surface area contributed by atoms with Crippen molar-refractivity contribution in [1.82, 2.24) is 19.9 Å². The molecule has 0 aliphatic carbocycles. The second-order valence-electron chi connectivity index (χ2n) is 12.7. The molecule has 0 radical (unpaired) electrons. The van der Waals surface area contributed by atoms with Crippen LogP contribution in [-0.2, 0) is 0 Å². The SMILES string of the molecule is c1ccc(-c2ccc(-c3cc(-c4ccc(-c5nccc6ccccc56)cc4)cc(-c4nc(-c5ccccc5)nc(-c5ccccc5)n4)c3)cc2)cc1. The molecule has 0 unspecified atom stereocenters. The van der Waals surface area contributed by atoms with E-state index >= 15 is 0 Å². The third kappa shape index (κ3) is 6.26. The first-order valence-corrected chi connectivity index (χ1v) is 17.4. The molecule has 0 spiro atoms. The highest BCUT2D eigenvalue weighted by atomic mass is 15.0. The van der Waals surface area contributed by atoms with E-state index in [1.165, 1.54) is 16.5 Å². The highest BCUT2D eigenvalue weighted by Crippen LogP contribution is 2.35. The smallest absolute Gasteiger partial charge is 0.164 e. The van der Waals surface area contributed by atoms with Gasteiger partial charge in [0.2, 0.25) is 0 Å². The zero-order valence-electron chi connectivity index (χ0n) is 28.3. The molecule has 0 N–H and O–H groups in total. The molecule has 0 amide bonds. The van der Waals surface area contributed by atoms with Crippen LogP contribution in [0.5, 0.6) is 0 Å². The van der Waals surface area contributed by atoms with Crippen LogP contribution in [0.15, 0.2) is 194 Å². The van der Waals surface area contributed by atoms with Crippen molar-refractivity contribution >= 4 is 10.8 Å². The summed E-state index contributed by atoms with van der Waals surface area (Å²) in [5.74, 6) is 1.89. The number of nitrogens with zero attached hydrogens (tertiary/aromatic N) is 4. The predicted molar refractivity (Wildman–Crippen MR) is 213 cm³/mol. The molecule has 0 fully saturated rings. The lowest BCUT2D eigenvalue weighted by molar-refractivity contribution is 1.07. The van der Waals surface area contributed by atoms with Crippen LogP contribution in [0, 0.1) is 0 Å². The highest BCUT2D eigenvalue weighted by Gasteiger charge is 2.15. The van der Waals surface area contributed by atoms with E-state index in [2.05, 4.69) is 121 Å². The van der Waals surface area contributed by atoms with E-state index in [0.29, 0.717) is 17.5 Å². The maximum absolute atomic E-state index is 5.07. The quantitative estimate of drug-likeness (QED) is 0.170.